The van der Waals surface area contributed by atoms with Gasteiger partial charge in [-0.2, -0.15) is 9.97 Å². The molecule has 3 heterocycles. The van der Waals surface area contributed by atoms with Gasteiger partial charge < -0.3 is 20.1 Å². The minimum Gasteiger partial charge on any atom is -0.411 e. The number of benzene rings is 1. The molecule has 148 valence electrons. The molecule has 0 atom stereocenters. The number of aldehydes is 1. The van der Waals surface area contributed by atoms with Crippen LogP contribution >= 0.6 is 11.3 Å². The fourth-order valence-electron chi connectivity index (χ4n) is 2.83. The van der Waals surface area contributed by atoms with Crippen LogP contribution in [0.25, 0.3) is 22.1 Å². The van der Waals surface area contributed by atoms with Gasteiger partial charge in [0.1, 0.15) is 5.75 Å². The molecule has 0 bridgehead atoms. The van der Waals surface area contributed by atoms with Gasteiger partial charge in [-0.15, -0.1) is 11.3 Å². The van der Waals surface area contributed by atoms with Crippen LogP contribution in [0.4, 0.5) is 10.7 Å². The molecule has 1 fully saturated rings. The van der Waals surface area contributed by atoms with E-state index in [2.05, 4.69) is 15.0 Å². The Bertz CT molecular complexity index is 1030. The summed E-state index contributed by atoms with van der Waals surface area (Å²) in [4.78, 5) is 39.2. The number of hydrogen-bond donors (Lipinski definition) is 1. The van der Waals surface area contributed by atoms with Gasteiger partial charge in [-0.3, -0.25) is 4.79 Å². The van der Waals surface area contributed by atoms with Gasteiger partial charge in [0, 0.05) is 18.7 Å². The average Bonchev–Trinajstić information content (AvgIpc) is 3.24. The lowest BCUT2D eigenvalue weighted by molar-refractivity contribution is 0.112. The van der Waals surface area contributed by atoms with Gasteiger partial charge in [0.2, 0.25) is 5.95 Å². The Morgan fingerprint density at radius 3 is 2.45 bits per heavy atom. The predicted octanol–water partition coefficient (Wildman–Crippen LogP) is 2.37. The zero-order valence-corrected chi connectivity index (χ0v) is 16.1. The van der Waals surface area contributed by atoms with Crippen LogP contribution in [0.5, 0.6) is 5.75 Å². The molecule has 0 spiro atoms. The van der Waals surface area contributed by atoms with Crippen molar-refractivity contribution in [1.29, 1.82) is 0 Å². The van der Waals surface area contributed by atoms with Crippen molar-refractivity contribution >= 4 is 29.7 Å². The van der Waals surface area contributed by atoms with E-state index in [1.165, 1.54) is 11.3 Å². The third kappa shape index (κ3) is 4.39. The number of morpholine rings is 1. The van der Waals surface area contributed by atoms with Crippen molar-refractivity contribution in [2.45, 2.75) is 0 Å². The minimum atomic E-state index is -0.876. The highest BCUT2D eigenvalue weighted by Crippen LogP contribution is 2.28. The largest absolute Gasteiger partial charge is 0.411 e. The van der Waals surface area contributed by atoms with Gasteiger partial charge in [-0.1, -0.05) is 0 Å². The lowest BCUT2D eigenvalue weighted by Crippen LogP contribution is -2.37. The number of carbonyl (C=O) groups excluding carboxylic acids is 2. The summed E-state index contributed by atoms with van der Waals surface area (Å²) in [6.45, 7) is 2.56. The topological polar surface area (TPSA) is 121 Å². The van der Waals surface area contributed by atoms with Crippen LogP contribution in [-0.2, 0) is 4.74 Å². The van der Waals surface area contributed by atoms with Crippen LogP contribution in [-0.4, -0.2) is 53.6 Å². The zero-order chi connectivity index (χ0) is 20.2. The Labute approximate surface area is 170 Å². The number of anilines is 1. The molecular weight excluding hydrogens is 394 g/mol. The second-order valence-corrected chi connectivity index (χ2v) is 7.26. The molecule has 1 saturated heterocycles. The van der Waals surface area contributed by atoms with Crippen LogP contribution in [0, 0.1) is 0 Å². The predicted molar refractivity (Wildman–Crippen MR) is 107 cm³/mol. The summed E-state index contributed by atoms with van der Waals surface area (Å²) in [5.41, 5.74) is 5.77. The van der Waals surface area contributed by atoms with Crippen LogP contribution < -0.4 is 15.4 Å². The van der Waals surface area contributed by atoms with E-state index in [0.717, 1.165) is 16.7 Å². The van der Waals surface area contributed by atoms with Crippen molar-refractivity contribution in [2.75, 3.05) is 31.2 Å². The third-order valence-corrected chi connectivity index (χ3v) is 5.22. The number of carbonyl (C=O) groups is 2. The van der Waals surface area contributed by atoms with Gasteiger partial charge >= 0.3 is 6.09 Å². The number of ether oxygens (including phenoxy) is 2. The number of thiophene rings is 1. The number of rotatable bonds is 5. The first-order valence-electron chi connectivity index (χ1n) is 8.84. The molecule has 0 aliphatic carbocycles. The Morgan fingerprint density at radius 2 is 1.79 bits per heavy atom. The number of primary amides is 1. The highest BCUT2D eigenvalue weighted by molar-refractivity contribution is 7.16. The molecular formula is C19H17N5O4S. The molecule has 1 aromatic carbocycles. The van der Waals surface area contributed by atoms with Gasteiger partial charge in [-0.25, -0.2) is 9.78 Å². The van der Waals surface area contributed by atoms with Crippen molar-refractivity contribution in [1.82, 2.24) is 15.0 Å². The summed E-state index contributed by atoms with van der Waals surface area (Å²) in [5.74, 6) is 1.85. The summed E-state index contributed by atoms with van der Waals surface area (Å²) in [7, 11) is 0. The Hall–Kier alpha value is -3.37. The van der Waals surface area contributed by atoms with Crippen molar-refractivity contribution in [2.24, 2.45) is 5.73 Å². The van der Waals surface area contributed by atoms with E-state index in [9.17, 15) is 9.59 Å². The molecule has 0 saturated carbocycles. The quantitative estimate of drug-likeness (QED) is 0.635. The number of hydrogen-bond acceptors (Lipinski definition) is 9. The van der Waals surface area contributed by atoms with E-state index >= 15 is 0 Å². The van der Waals surface area contributed by atoms with Crippen LogP contribution in [0.3, 0.4) is 0 Å². The van der Waals surface area contributed by atoms with Crippen molar-refractivity contribution in [3.63, 3.8) is 0 Å². The molecule has 2 aromatic heterocycles. The first-order valence-corrected chi connectivity index (χ1v) is 9.66. The summed E-state index contributed by atoms with van der Waals surface area (Å²) < 4.78 is 10.3. The maximum Gasteiger partial charge on any atom is 0.409 e. The first-order chi connectivity index (χ1) is 14.1. The van der Waals surface area contributed by atoms with E-state index in [1.54, 1.807) is 30.3 Å². The molecule has 29 heavy (non-hydrogen) atoms. The summed E-state index contributed by atoms with van der Waals surface area (Å²) in [6, 6.07) is 10.3. The van der Waals surface area contributed by atoms with Crippen LogP contribution in [0.15, 0.2) is 36.4 Å². The van der Waals surface area contributed by atoms with Gasteiger partial charge in [0.05, 0.1) is 23.0 Å². The molecule has 3 aromatic rings. The van der Waals surface area contributed by atoms with E-state index in [-0.39, 0.29) is 0 Å². The Morgan fingerprint density at radius 1 is 1.07 bits per heavy atom. The minimum absolute atomic E-state index is 0.331. The fraction of sp³-hybridized carbons (Fsp3) is 0.211. The van der Waals surface area contributed by atoms with Gasteiger partial charge in [-0.05, 0) is 36.4 Å². The maximum atomic E-state index is 11.1. The zero-order valence-electron chi connectivity index (χ0n) is 15.3. The number of nitrogens with zero attached hydrogens (tertiary/aromatic N) is 4. The fourth-order valence-corrected chi connectivity index (χ4v) is 3.59. The molecule has 10 heteroatoms. The standard InChI is InChI=1S/C19H17N5O4S/c20-18(26)28-13-3-1-12(2-4-13)16-21-17(15-6-5-14(11-25)29-15)23-19(22-16)24-7-9-27-10-8-24/h1-6,11H,7-10H2,(H2,20,26). The molecule has 1 aliphatic heterocycles. The molecule has 1 aliphatic rings. The summed E-state index contributed by atoms with van der Waals surface area (Å²) in [5, 5.41) is 0. The molecule has 9 nitrogen and oxygen atoms in total. The number of nitrogens with two attached hydrogens (primary N) is 1. The highest BCUT2D eigenvalue weighted by Gasteiger charge is 2.18. The van der Waals surface area contributed by atoms with Crippen molar-refractivity contribution in [3.8, 4) is 27.8 Å². The second-order valence-electron chi connectivity index (χ2n) is 6.15. The Kier molecular flexibility index (Phi) is 5.45. The second kappa shape index (κ2) is 8.33. The maximum absolute atomic E-state index is 11.1. The van der Waals surface area contributed by atoms with Gasteiger partial charge in [0.25, 0.3) is 0 Å². The van der Waals surface area contributed by atoms with Gasteiger partial charge in [0.15, 0.2) is 17.9 Å². The van der Waals surface area contributed by atoms with Crippen LogP contribution in [0.1, 0.15) is 9.67 Å². The van der Waals surface area contributed by atoms with E-state index in [1.807, 2.05) is 11.0 Å². The van der Waals surface area contributed by atoms with Crippen molar-refractivity contribution < 1.29 is 19.1 Å². The molecule has 1 amide bonds. The lowest BCUT2D eigenvalue weighted by atomic mass is 10.2. The van der Waals surface area contributed by atoms with Crippen molar-refractivity contribution in [3.05, 3.63) is 41.3 Å². The van der Waals surface area contributed by atoms with Crippen LogP contribution in [0.2, 0.25) is 0 Å². The lowest BCUT2D eigenvalue weighted by Gasteiger charge is -2.27. The van der Waals surface area contributed by atoms with E-state index in [4.69, 9.17) is 15.2 Å². The number of aromatic nitrogens is 3. The monoisotopic (exact) mass is 411 g/mol. The number of amides is 1. The third-order valence-electron chi connectivity index (χ3n) is 4.21. The summed E-state index contributed by atoms with van der Waals surface area (Å²) >= 11 is 1.32. The molecule has 4 rings (SSSR count). The Balaban J connectivity index is 1.74. The van der Waals surface area contributed by atoms with E-state index in [0.29, 0.717) is 54.5 Å². The summed E-state index contributed by atoms with van der Waals surface area (Å²) in [6.07, 6.45) is -0.0742. The van der Waals surface area contributed by atoms with E-state index < -0.39 is 6.09 Å². The highest BCUT2D eigenvalue weighted by atomic mass is 32.1. The SMILES string of the molecule is NC(=O)Oc1ccc(-c2nc(-c3ccc(C=O)s3)nc(N3CCOCC3)n2)cc1. The normalized spacial score (nSPS) is 13.9. The average molecular weight is 411 g/mol. The first kappa shape index (κ1) is 19.0. The smallest absolute Gasteiger partial charge is 0.409 e. The molecule has 0 radical (unpaired) electrons. The molecule has 0 unspecified atom stereocenters. The molecule has 2 N–H and O–H groups in total.